The number of carbonyl (C=O) groups excluding carboxylic acids is 1. The van der Waals surface area contributed by atoms with Crippen molar-refractivity contribution >= 4 is 39.9 Å². The third kappa shape index (κ3) is 3.41. The lowest BCUT2D eigenvalue weighted by Crippen LogP contribution is -2.20. The highest BCUT2D eigenvalue weighted by Crippen LogP contribution is 2.27. The Hall–Kier alpha value is -2.39. The highest BCUT2D eigenvalue weighted by Gasteiger charge is 2.16. The summed E-state index contributed by atoms with van der Waals surface area (Å²) in [5.74, 6) is -1.36. The molecule has 0 aliphatic rings. The topological polar surface area (TPSA) is 66.3 Å². The number of carbonyl (C=O) groups is 1. The van der Waals surface area contributed by atoms with Crippen LogP contribution in [-0.2, 0) is 0 Å². The quantitative estimate of drug-likeness (QED) is 0.328. The van der Waals surface area contributed by atoms with Gasteiger partial charge in [0.2, 0.25) is 0 Å². The summed E-state index contributed by atoms with van der Waals surface area (Å²) in [5.41, 5.74) is 2.97. The van der Waals surface area contributed by atoms with Crippen molar-refractivity contribution in [3.8, 4) is 5.69 Å². The van der Waals surface area contributed by atoms with E-state index in [0.29, 0.717) is 11.4 Å². The number of hydrogen-bond donors (Lipinski definition) is 3. The number of halogens is 2. The van der Waals surface area contributed by atoms with E-state index in [1.54, 1.807) is 34.6 Å². The molecule has 0 saturated heterocycles. The van der Waals surface area contributed by atoms with E-state index in [1.807, 2.05) is 24.3 Å². The van der Waals surface area contributed by atoms with Gasteiger partial charge in [-0.2, -0.15) is 0 Å². The molecule has 1 aromatic heterocycles. The zero-order chi connectivity index (χ0) is 17.1. The van der Waals surface area contributed by atoms with Crippen molar-refractivity contribution in [1.82, 2.24) is 10.0 Å². The molecule has 3 aromatic rings. The molecule has 1 amide bonds. The molecular formula is C17H13FIN3O2. The van der Waals surface area contributed by atoms with Gasteiger partial charge in [-0.15, -0.1) is 0 Å². The Morgan fingerprint density at radius 3 is 2.42 bits per heavy atom. The summed E-state index contributed by atoms with van der Waals surface area (Å²) in [6.07, 6.45) is 3.41. The fraction of sp³-hybridized carbons (Fsp3) is 0. The summed E-state index contributed by atoms with van der Waals surface area (Å²) in [4.78, 5) is 11.9. The molecule has 0 atom stereocenters. The van der Waals surface area contributed by atoms with Crippen molar-refractivity contribution in [2.24, 2.45) is 0 Å². The first-order valence-electron chi connectivity index (χ1n) is 7.02. The predicted octanol–water partition coefficient (Wildman–Crippen LogP) is 4.08. The Morgan fingerprint density at radius 1 is 1.12 bits per heavy atom. The molecule has 0 aliphatic heterocycles. The Bertz CT molecular complexity index is 864. The van der Waals surface area contributed by atoms with Crippen molar-refractivity contribution in [2.75, 3.05) is 5.32 Å². The summed E-state index contributed by atoms with van der Waals surface area (Å²) in [5, 5.41) is 12.0. The Kier molecular flexibility index (Phi) is 4.81. The average Bonchev–Trinajstić information content (AvgIpc) is 3.11. The summed E-state index contributed by atoms with van der Waals surface area (Å²) in [7, 11) is 0. The summed E-state index contributed by atoms with van der Waals surface area (Å²) in [6.45, 7) is 0. The number of amides is 1. The van der Waals surface area contributed by atoms with Gasteiger partial charge in [-0.1, -0.05) is 0 Å². The fourth-order valence-electron chi connectivity index (χ4n) is 2.30. The molecule has 0 aliphatic carbocycles. The highest BCUT2D eigenvalue weighted by molar-refractivity contribution is 14.1. The van der Waals surface area contributed by atoms with Gasteiger partial charge in [0.1, 0.15) is 5.82 Å². The SMILES string of the molecule is O=C(NO)c1cc(F)c(-n2cccc2)cc1Nc1ccc(I)cc1. The van der Waals surface area contributed by atoms with Gasteiger partial charge in [-0.3, -0.25) is 10.0 Å². The van der Waals surface area contributed by atoms with Crippen molar-refractivity contribution in [3.63, 3.8) is 0 Å². The van der Waals surface area contributed by atoms with E-state index in [4.69, 9.17) is 5.21 Å². The third-order valence-electron chi connectivity index (χ3n) is 3.44. The summed E-state index contributed by atoms with van der Waals surface area (Å²) >= 11 is 2.19. The van der Waals surface area contributed by atoms with Crippen LogP contribution < -0.4 is 10.8 Å². The lowest BCUT2D eigenvalue weighted by atomic mass is 10.1. The smallest absolute Gasteiger partial charge is 0.276 e. The van der Waals surface area contributed by atoms with Gasteiger partial charge >= 0.3 is 0 Å². The van der Waals surface area contributed by atoms with Crippen LogP contribution in [0.4, 0.5) is 15.8 Å². The third-order valence-corrected chi connectivity index (χ3v) is 4.16. The second kappa shape index (κ2) is 7.02. The number of nitrogens with zero attached hydrogens (tertiary/aromatic N) is 1. The fourth-order valence-corrected chi connectivity index (χ4v) is 2.65. The van der Waals surface area contributed by atoms with Crippen molar-refractivity contribution < 1.29 is 14.4 Å². The maximum Gasteiger partial charge on any atom is 0.276 e. The second-order valence-electron chi connectivity index (χ2n) is 5.01. The van der Waals surface area contributed by atoms with Crippen LogP contribution in [0.1, 0.15) is 10.4 Å². The number of hydroxylamine groups is 1. The first-order valence-corrected chi connectivity index (χ1v) is 8.10. The van der Waals surface area contributed by atoms with E-state index in [2.05, 4.69) is 27.9 Å². The predicted molar refractivity (Wildman–Crippen MR) is 97.4 cm³/mol. The molecule has 0 saturated carbocycles. The van der Waals surface area contributed by atoms with Gasteiger partial charge in [-0.05, 0) is 71.1 Å². The largest absolute Gasteiger partial charge is 0.355 e. The number of nitrogens with one attached hydrogen (secondary N) is 2. The number of aromatic nitrogens is 1. The van der Waals surface area contributed by atoms with E-state index < -0.39 is 11.7 Å². The highest BCUT2D eigenvalue weighted by atomic mass is 127. The van der Waals surface area contributed by atoms with Crippen LogP contribution in [0.3, 0.4) is 0 Å². The van der Waals surface area contributed by atoms with Crippen molar-refractivity contribution in [2.45, 2.75) is 0 Å². The van der Waals surface area contributed by atoms with Crippen LogP contribution >= 0.6 is 22.6 Å². The van der Waals surface area contributed by atoms with Crippen LogP contribution in [0.15, 0.2) is 60.9 Å². The molecule has 3 rings (SSSR count). The molecule has 122 valence electrons. The van der Waals surface area contributed by atoms with Gasteiger partial charge in [-0.25, -0.2) is 9.87 Å². The molecule has 0 radical (unpaired) electrons. The minimum atomic E-state index is -0.791. The van der Waals surface area contributed by atoms with Crippen LogP contribution in [0.2, 0.25) is 0 Å². The molecule has 0 unspecified atom stereocenters. The van der Waals surface area contributed by atoms with Gasteiger partial charge < -0.3 is 9.88 Å². The second-order valence-corrected chi connectivity index (χ2v) is 6.26. The van der Waals surface area contributed by atoms with Crippen LogP contribution in [0.5, 0.6) is 0 Å². The molecule has 24 heavy (non-hydrogen) atoms. The van der Waals surface area contributed by atoms with Crippen LogP contribution in [-0.4, -0.2) is 15.7 Å². The lowest BCUT2D eigenvalue weighted by Gasteiger charge is -2.14. The Balaban J connectivity index is 2.08. The molecule has 7 heteroatoms. The minimum Gasteiger partial charge on any atom is -0.355 e. The normalized spacial score (nSPS) is 10.5. The van der Waals surface area contributed by atoms with Crippen LogP contribution in [0, 0.1) is 9.39 Å². The Morgan fingerprint density at radius 2 is 1.79 bits per heavy atom. The number of rotatable bonds is 4. The molecule has 2 aromatic carbocycles. The zero-order valence-corrected chi connectivity index (χ0v) is 14.5. The monoisotopic (exact) mass is 437 g/mol. The first kappa shape index (κ1) is 16.5. The van der Waals surface area contributed by atoms with Gasteiger partial charge in [0.25, 0.3) is 5.91 Å². The molecule has 0 bridgehead atoms. The Labute approximate surface area is 151 Å². The van der Waals surface area contributed by atoms with E-state index >= 15 is 0 Å². The van der Waals surface area contributed by atoms with Crippen molar-refractivity contribution in [1.29, 1.82) is 0 Å². The number of hydrogen-bond acceptors (Lipinski definition) is 3. The summed E-state index contributed by atoms with van der Waals surface area (Å²) < 4.78 is 17.0. The molecular weight excluding hydrogens is 424 g/mol. The van der Waals surface area contributed by atoms with E-state index in [1.165, 1.54) is 6.07 Å². The molecule has 5 nitrogen and oxygen atoms in total. The van der Waals surface area contributed by atoms with Crippen LogP contribution in [0.25, 0.3) is 5.69 Å². The van der Waals surface area contributed by atoms with E-state index in [9.17, 15) is 9.18 Å². The van der Waals surface area contributed by atoms with Gasteiger partial charge in [0.15, 0.2) is 0 Å². The molecule has 0 fully saturated rings. The zero-order valence-electron chi connectivity index (χ0n) is 12.3. The first-order chi connectivity index (χ1) is 11.6. The molecule has 3 N–H and O–H groups in total. The van der Waals surface area contributed by atoms with Crippen molar-refractivity contribution in [3.05, 3.63) is 75.9 Å². The number of benzene rings is 2. The molecule has 0 spiro atoms. The number of anilines is 2. The van der Waals surface area contributed by atoms with Gasteiger partial charge in [0.05, 0.1) is 16.9 Å². The van der Waals surface area contributed by atoms with E-state index in [0.717, 1.165) is 15.3 Å². The average molecular weight is 437 g/mol. The maximum absolute atomic E-state index is 14.4. The lowest BCUT2D eigenvalue weighted by molar-refractivity contribution is 0.0707. The maximum atomic E-state index is 14.4. The minimum absolute atomic E-state index is 0.00413. The summed E-state index contributed by atoms with van der Waals surface area (Å²) in [6, 6.07) is 13.7. The molecule has 1 heterocycles. The standard InChI is InChI=1S/C17H13FIN3O2/c18-14-9-13(17(23)21-24)15(10-16(14)22-7-1-2-8-22)20-12-5-3-11(19)4-6-12/h1-10,20,24H,(H,21,23). The van der Waals surface area contributed by atoms with E-state index in [-0.39, 0.29) is 5.56 Å². The van der Waals surface area contributed by atoms with Gasteiger partial charge in [0, 0.05) is 21.7 Å².